The van der Waals surface area contributed by atoms with Gasteiger partial charge in [-0.05, 0) is 30.5 Å². The van der Waals surface area contributed by atoms with Crippen LogP contribution in [0.2, 0.25) is 5.02 Å². The molecule has 2 heterocycles. The Morgan fingerprint density at radius 3 is 3.13 bits per heavy atom. The van der Waals surface area contributed by atoms with Gasteiger partial charge < -0.3 is 9.32 Å². The fraction of sp³-hybridized carbons (Fsp3) is 0.333. The number of rotatable bonds is 4. The third-order valence-electron chi connectivity index (χ3n) is 3.64. The maximum absolute atomic E-state index is 12.0. The molecule has 1 saturated heterocycles. The van der Waals surface area contributed by atoms with E-state index in [2.05, 4.69) is 21.7 Å². The second-order valence-corrected chi connectivity index (χ2v) is 5.81. The van der Waals surface area contributed by atoms with Crippen molar-refractivity contribution in [2.45, 2.75) is 12.8 Å². The number of likely N-dealkylation sites (tertiary alicyclic amines) is 1. The number of benzene rings is 1. The largest absolute Gasteiger partial charge is 0.403 e. The number of nitrogens with one attached hydrogen (secondary N) is 1. The number of nitriles is 1. The van der Waals surface area contributed by atoms with E-state index < -0.39 is 0 Å². The first-order chi connectivity index (χ1) is 11.1. The summed E-state index contributed by atoms with van der Waals surface area (Å²) in [7, 11) is 0. The topological polar surface area (TPSA) is 95.1 Å². The molecule has 0 spiro atoms. The Labute approximate surface area is 137 Å². The zero-order valence-corrected chi connectivity index (χ0v) is 13.0. The van der Waals surface area contributed by atoms with Gasteiger partial charge in [0.1, 0.15) is 0 Å². The van der Waals surface area contributed by atoms with Crippen LogP contribution in [0.4, 0.5) is 6.01 Å². The molecule has 118 valence electrons. The highest BCUT2D eigenvalue weighted by Gasteiger charge is 2.24. The Bertz CT molecular complexity index is 754. The highest BCUT2D eigenvalue weighted by Crippen LogP contribution is 2.23. The summed E-state index contributed by atoms with van der Waals surface area (Å²) in [5, 5.41) is 19.7. The molecule has 23 heavy (non-hydrogen) atoms. The van der Waals surface area contributed by atoms with Gasteiger partial charge in [0, 0.05) is 30.1 Å². The van der Waals surface area contributed by atoms with Crippen LogP contribution in [0.5, 0.6) is 0 Å². The molecule has 2 aromatic rings. The van der Waals surface area contributed by atoms with Gasteiger partial charge in [-0.15, -0.1) is 5.10 Å². The highest BCUT2D eigenvalue weighted by molar-refractivity contribution is 6.30. The summed E-state index contributed by atoms with van der Waals surface area (Å²) < 4.78 is 5.43. The van der Waals surface area contributed by atoms with Crippen LogP contribution >= 0.6 is 11.6 Å². The van der Waals surface area contributed by atoms with Crippen molar-refractivity contribution in [1.82, 2.24) is 15.1 Å². The minimum absolute atomic E-state index is 0.0557. The average Bonchev–Trinajstić information content (AvgIpc) is 3.16. The van der Waals surface area contributed by atoms with E-state index in [1.165, 1.54) is 0 Å². The summed E-state index contributed by atoms with van der Waals surface area (Å²) in [6.07, 6.45) is 3.25. The lowest BCUT2D eigenvalue weighted by Crippen LogP contribution is -2.19. The predicted octanol–water partition coefficient (Wildman–Crippen LogP) is 2.52. The van der Waals surface area contributed by atoms with Gasteiger partial charge in [0.15, 0.2) is 6.19 Å². The molecular formula is C15H14ClN5O2. The molecule has 0 bridgehead atoms. The van der Waals surface area contributed by atoms with Gasteiger partial charge in [-0.25, -0.2) is 0 Å². The van der Waals surface area contributed by atoms with Gasteiger partial charge in [-0.1, -0.05) is 22.8 Å². The number of carbonyl (C=O) groups is 1. The van der Waals surface area contributed by atoms with Crippen molar-refractivity contribution in [3.8, 4) is 17.6 Å². The molecule has 0 unspecified atom stereocenters. The molecule has 0 radical (unpaired) electrons. The Balaban J connectivity index is 1.59. The maximum atomic E-state index is 12.0. The SMILES string of the molecule is N#CN1CC[C@H](CC(=O)Nc2nnc(-c3cccc(Cl)c3)o2)C1. The van der Waals surface area contributed by atoms with E-state index >= 15 is 0 Å². The minimum atomic E-state index is -0.198. The quantitative estimate of drug-likeness (QED) is 0.865. The standard InChI is InChI=1S/C15H14ClN5O2/c16-12-3-1-2-11(7-12)14-19-20-15(23-14)18-13(22)6-10-4-5-21(8-10)9-17/h1-3,7,10H,4-6,8H2,(H,18,20,22)/t10-/m1/s1. The Kier molecular flexibility index (Phi) is 4.44. The van der Waals surface area contributed by atoms with E-state index in [0.717, 1.165) is 6.42 Å². The molecule has 1 fully saturated rings. The first-order valence-corrected chi connectivity index (χ1v) is 7.56. The van der Waals surface area contributed by atoms with Crippen LogP contribution in [-0.4, -0.2) is 34.1 Å². The lowest BCUT2D eigenvalue weighted by Gasteiger charge is -2.08. The second kappa shape index (κ2) is 6.67. The number of anilines is 1. The molecule has 7 nitrogen and oxygen atoms in total. The van der Waals surface area contributed by atoms with Crippen molar-refractivity contribution < 1.29 is 9.21 Å². The first kappa shape index (κ1) is 15.3. The fourth-order valence-corrected chi connectivity index (χ4v) is 2.72. The summed E-state index contributed by atoms with van der Waals surface area (Å²) in [6.45, 7) is 1.31. The Hall–Kier alpha value is -2.59. The summed E-state index contributed by atoms with van der Waals surface area (Å²) in [4.78, 5) is 13.7. The molecule has 1 atom stereocenters. The summed E-state index contributed by atoms with van der Waals surface area (Å²) >= 11 is 5.92. The lowest BCUT2D eigenvalue weighted by molar-refractivity contribution is -0.117. The van der Waals surface area contributed by atoms with E-state index in [1.807, 2.05) is 0 Å². The minimum Gasteiger partial charge on any atom is -0.403 e. The number of halogens is 1. The molecule has 8 heteroatoms. The van der Waals surface area contributed by atoms with Gasteiger partial charge >= 0.3 is 6.01 Å². The Morgan fingerprint density at radius 1 is 1.52 bits per heavy atom. The van der Waals surface area contributed by atoms with Crippen molar-refractivity contribution in [3.05, 3.63) is 29.3 Å². The number of aromatic nitrogens is 2. The number of amides is 1. The lowest BCUT2D eigenvalue weighted by atomic mass is 10.1. The van der Waals surface area contributed by atoms with Gasteiger partial charge in [-0.3, -0.25) is 10.1 Å². The molecule has 1 aromatic carbocycles. The molecule has 1 aromatic heterocycles. The van der Waals surface area contributed by atoms with Crippen molar-refractivity contribution in [3.63, 3.8) is 0 Å². The third-order valence-corrected chi connectivity index (χ3v) is 3.88. The number of carbonyl (C=O) groups excluding carboxylic acids is 1. The van der Waals surface area contributed by atoms with E-state index in [0.29, 0.717) is 36.0 Å². The molecule has 1 N–H and O–H groups in total. The summed E-state index contributed by atoms with van der Waals surface area (Å²) in [6, 6.07) is 7.08. The molecule has 1 amide bonds. The van der Waals surface area contributed by atoms with Gasteiger partial charge in [-0.2, -0.15) is 5.26 Å². The molecule has 0 saturated carbocycles. The van der Waals surface area contributed by atoms with Crippen molar-refractivity contribution in [2.75, 3.05) is 18.4 Å². The zero-order valence-electron chi connectivity index (χ0n) is 12.2. The van der Waals surface area contributed by atoms with E-state index in [1.54, 1.807) is 29.2 Å². The zero-order chi connectivity index (χ0) is 16.2. The van der Waals surface area contributed by atoms with Crippen LogP contribution in [-0.2, 0) is 4.79 Å². The summed E-state index contributed by atoms with van der Waals surface area (Å²) in [5.74, 6) is 0.264. The van der Waals surface area contributed by atoms with Gasteiger partial charge in [0.05, 0.1) is 0 Å². The highest BCUT2D eigenvalue weighted by atomic mass is 35.5. The van der Waals surface area contributed by atoms with Crippen molar-refractivity contribution in [1.29, 1.82) is 5.26 Å². The van der Waals surface area contributed by atoms with Crippen LogP contribution in [0, 0.1) is 17.4 Å². The van der Waals surface area contributed by atoms with Crippen LogP contribution < -0.4 is 5.32 Å². The first-order valence-electron chi connectivity index (χ1n) is 7.18. The predicted molar refractivity (Wildman–Crippen MR) is 83.3 cm³/mol. The van der Waals surface area contributed by atoms with E-state index in [-0.39, 0.29) is 17.8 Å². The van der Waals surface area contributed by atoms with Crippen molar-refractivity contribution >= 4 is 23.5 Å². The second-order valence-electron chi connectivity index (χ2n) is 5.38. The molecule has 3 rings (SSSR count). The van der Waals surface area contributed by atoms with Crippen LogP contribution in [0.1, 0.15) is 12.8 Å². The number of hydrogen-bond acceptors (Lipinski definition) is 6. The average molecular weight is 332 g/mol. The molecule has 1 aliphatic rings. The van der Waals surface area contributed by atoms with Gasteiger partial charge in [0.25, 0.3) is 0 Å². The monoisotopic (exact) mass is 331 g/mol. The number of nitrogens with zero attached hydrogens (tertiary/aromatic N) is 4. The van der Waals surface area contributed by atoms with E-state index in [9.17, 15) is 4.79 Å². The molecular weight excluding hydrogens is 318 g/mol. The van der Waals surface area contributed by atoms with Crippen molar-refractivity contribution in [2.24, 2.45) is 5.92 Å². The Morgan fingerprint density at radius 2 is 2.39 bits per heavy atom. The fourth-order valence-electron chi connectivity index (χ4n) is 2.53. The summed E-state index contributed by atoms with van der Waals surface area (Å²) in [5.41, 5.74) is 0.686. The van der Waals surface area contributed by atoms with Crippen LogP contribution in [0.25, 0.3) is 11.5 Å². The molecule has 0 aliphatic carbocycles. The number of hydrogen-bond donors (Lipinski definition) is 1. The normalized spacial score (nSPS) is 17.0. The van der Waals surface area contributed by atoms with E-state index in [4.69, 9.17) is 21.3 Å². The van der Waals surface area contributed by atoms with Crippen LogP contribution in [0.3, 0.4) is 0 Å². The van der Waals surface area contributed by atoms with Crippen LogP contribution in [0.15, 0.2) is 28.7 Å². The molecule has 1 aliphatic heterocycles. The smallest absolute Gasteiger partial charge is 0.322 e. The third kappa shape index (κ3) is 3.79. The maximum Gasteiger partial charge on any atom is 0.322 e. The van der Waals surface area contributed by atoms with Gasteiger partial charge in [0.2, 0.25) is 11.8 Å².